The Hall–Kier alpha value is -1.66. The van der Waals surface area contributed by atoms with Crippen molar-refractivity contribution >= 4 is 5.69 Å². The van der Waals surface area contributed by atoms with Crippen LogP contribution in [-0.2, 0) is 0 Å². The van der Waals surface area contributed by atoms with E-state index in [2.05, 4.69) is 4.90 Å². The molecule has 1 aromatic rings. The minimum atomic E-state index is -0.534. The van der Waals surface area contributed by atoms with E-state index in [0.717, 1.165) is 13.1 Å². The Morgan fingerprint density at radius 1 is 1.32 bits per heavy atom. The highest BCUT2D eigenvalue weighted by Crippen LogP contribution is 2.17. The van der Waals surface area contributed by atoms with Crippen molar-refractivity contribution in [2.24, 2.45) is 0 Å². The van der Waals surface area contributed by atoms with E-state index in [1.54, 1.807) is 12.1 Å². The summed E-state index contributed by atoms with van der Waals surface area (Å²) in [6.45, 7) is 2.89. The zero-order valence-electron chi connectivity index (χ0n) is 10.7. The Kier molecular flexibility index (Phi) is 4.70. The quantitative estimate of drug-likeness (QED) is 0.622. The van der Waals surface area contributed by atoms with Crippen molar-refractivity contribution in [3.63, 3.8) is 0 Å². The number of likely N-dealkylation sites (tertiary alicyclic amines) is 1. The van der Waals surface area contributed by atoms with Crippen molar-refractivity contribution < 1.29 is 14.8 Å². The first-order chi connectivity index (χ1) is 9.15. The maximum Gasteiger partial charge on any atom is 0.269 e. The number of hydrogen-bond donors (Lipinski definition) is 1. The molecule has 104 valence electrons. The average Bonchev–Trinajstić information content (AvgIpc) is 2.89. The monoisotopic (exact) mass is 266 g/mol. The van der Waals surface area contributed by atoms with E-state index in [9.17, 15) is 15.2 Å². The Labute approximate surface area is 111 Å². The first-order valence-corrected chi connectivity index (χ1v) is 6.43. The number of hydrogen-bond acceptors (Lipinski definition) is 5. The second-order valence-electron chi connectivity index (χ2n) is 4.72. The smallest absolute Gasteiger partial charge is 0.269 e. The van der Waals surface area contributed by atoms with Gasteiger partial charge in [0.05, 0.1) is 4.92 Å². The number of nitro groups is 1. The minimum Gasteiger partial charge on any atom is -0.491 e. The topological polar surface area (TPSA) is 75.8 Å². The number of benzene rings is 1. The third-order valence-corrected chi connectivity index (χ3v) is 3.16. The van der Waals surface area contributed by atoms with Crippen LogP contribution < -0.4 is 4.74 Å². The van der Waals surface area contributed by atoms with Gasteiger partial charge in [-0.25, -0.2) is 0 Å². The van der Waals surface area contributed by atoms with Crippen LogP contribution in [0.1, 0.15) is 12.8 Å². The zero-order valence-corrected chi connectivity index (χ0v) is 10.7. The van der Waals surface area contributed by atoms with Gasteiger partial charge in [-0.05, 0) is 38.1 Å². The lowest BCUT2D eigenvalue weighted by Crippen LogP contribution is -2.33. The zero-order chi connectivity index (χ0) is 13.7. The van der Waals surface area contributed by atoms with E-state index >= 15 is 0 Å². The van der Waals surface area contributed by atoms with Crippen LogP contribution in [0.25, 0.3) is 0 Å². The summed E-state index contributed by atoms with van der Waals surface area (Å²) in [6.07, 6.45) is 1.85. The highest BCUT2D eigenvalue weighted by molar-refractivity contribution is 5.35. The first kappa shape index (κ1) is 13.8. The third kappa shape index (κ3) is 4.18. The number of nitro benzene ring substituents is 1. The molecule has 1 atom stereocenters. The van der Waals surface area contributed by atoms with Crippen molar-refractivity contribution in [2.75, 3.05) is 26.2 Å². The Morgan fingerprint density at radius 2 is 1.95 bits per heavy atom. The van der Waals surface area contributed by atoms with Gasteiger partial charge in [0.15, 0.2) is 0 Å². The van der Waals surface area contributed by atoms with Gasteiger partial charge >= 0.3 is 0 Å². The molecule has 2 rings (SSSR count). The molecule has 0 bridgehead atoms. The molecular weight excluding hydrogens is 248 g/mol. The van der Waals surface area contributed by atoms with Crippen LogP contribution in [0.5, 0.6) is 5.75 Å². The van der Waals surface area contributed by atoms with Crippen molar-refractivity contribution in [3.05, 3.63) is 34.4 Å². The number of non-ortho nitro benzene ring substituents is 1. The van der Waals surface area contributed by atoms with Crippen LogP contribution in [-0.4, -0.2) is 47.3 Å². The molecule has 0 spiro atoms. The predicted octanol–water partition coefficient (Wildman–Crippen LogP) is 1.43. The molecule has 0 unspecified atom stereocenters. The van der Waals surface area contributed by atoms with Crippen molar-refractivity contribution in [2.45, 2.75) is 18.9 Å². The Morgan fingerprint density at radius 3 is 2.53 bits per heavy atom. The number of aliphatic hydroxyl groups is 1. The van der Waals surface area contributed by atoms with Gasteiger partial charge in [0.2, 0.25) is 0 Å². The molecule has 0 amide bonds. The summed E-state index contributed by atoms with van der Waals surface area (Å²) in [5.74, 6) is 0.533. The Balaban J connectivity index is 1.76. The summed E-state index contributed by atoms with van der Waals surface area (Å²) in [5.41, 5.74) is 0.0324. The minimum absolute atomic E-state index is 0.0324. The fourth-order valence-corrected chi connectivity index (χ4v) is 2.17. The second kappa shape index (κ2) is 6.49. The molecule has 0 radical (unpaired) electrons. The van der Waals surface area contributed by atoms with E-state index in [1.807, 2.05) is 0 Å². The summed E-state index contributed by atoms with van der Waals surface area (Å²) < 4.78 is 5.41. The van der Waals surface area contributed by atoms with Crippen LogP contribution in [0.4, 0.5) is 5.69 Å². The number of β-amino-alcohol motifs (C(OH)–C–C–N with tert-alkyl or cyclic N) is 1. The van der Waals surface area contributed by atoms with E-state index in [1.165, 1.54) is 25.0 Å². The van der Waals surface area contributed by atoms with Gasteiger partial charge in [-0.3, -0.25) is 10.1 Å². The SMILES string of the molecule is O=[N+]([O-])c1ccc(OC[C@H](O)CN2CCCC2)cc1. The summed E-state index contributed by atoms with van der Waals surface area (Å²) in [6, 6.07) is 5.87. The van der Waals surface area contributed by atoms with Crippen molar-refractivity contribution in [3.8, 4) is 5.75 Å². The van der Waals surface area contributed by atoms with Crippen molar-refractivity contribution in [1.82, 2.24) is 4.90 Å². The van der Waals surface area contributed by atoms with Gasteiger partial charge < -0.3 is 14.7 Å². The van der Waals surface area contributed by atoms with Gasteiger partial charge in [0.25, 0.3) is 5.69 Å². The molecule has 1 aromatic carbocycles. The average molecular weight is 266 g/mol. The fraction of sp³-hybridized carbons (Fsp3) is 0.538. The molecule has 1 aliphatic rings. The van der Waals surface area contributed by atoms with Crippen LogP contribution in [0.15, 0.2) is 24.3 Å². The molecule has 1 N–H and O–H groups in total. The lowest BCUT2D eigenvalue weighted by Gasteiger charge is -2.19. The van der Waals surface area contributed by atoms with Gasteiger partial charge in [-0.2, -0.15) is 0 Å². The van der Waals surface area contributed by atoms with Crippen LogP contribution >= 0.6 is 0 Å². The molecular formula is C13H18N2O4. The van der Waals surface area contributed by atoms with E-state index in [0.29, 0.717) is 12.3 Å². The summed E-state index contributed by atoms with van der Waals surface area (Å²) in [7, 11) is 0. The van der Waals surface area contributed by atoms with E-state index in [4.69, 9.17) is 4.74 Å². The lowest BCUT2D eigenvalue weighted by molar-refractivity contribution is -0.384. The predicted molar refractivity (Wildman–Crippen MR) is 70.3 cm³/mol. The van der Waals surface area contributed by atoms with Gasteiger partial charge in [-0.15, -0.1) is 0 Å². The Bertz CT molecular complexity index is 415. The van der Waals surface area contributed by atoms with E-state index in [-0.39, 0.29) is 12.3 Å². The van der Waals surface area contributed by atoms with Crippen LogP contribution in [0.3, 0.4) is 0 Å². The second-order valence-corrected chi connectivity index (χ2v) is 4.72. The van der Waals surface area contributed by atoms with Gasteiger partial charge in [-0.1, -0.05) is 0 Å². The molecule has 0 aliphatic carbocycles. The molecule has 6 heteroatoms. The standard InChI is InChI=1S/C13H18N2O4/c16-12(9-14-7-1-2-8-14)10-19-13-5-3-11(4-6-13)15(17)18/h3-6,12,16H,1-2,7-10H2/t12-/m1/s1. The molecule has 1 saturated heterocycles. The fourth-order valence-electron chi connectivity index (χ4n) is 2.17. The highest BCUT2D eigenvalue weighted by atomic mass is 16.6. The first-order valence-electron chi connectivity index (χ1n) is 6.43. The van der Waals surface area contributed by atoms with Gasteiger partial charge in [0, 0.05) is 18.7 Å². The molecule has 0 aromatic heterocycles. The highest BCUT2D eigenvalue weighted by Gasteiger charge is 2.16. The normalized spacial score (nSPS) is 17.3. The number of aliphatic hydroxyl groups excluding tert-OH is 1. The summed E-state index contributed by atoms with van der Waals surface area (Å²) in [4.78, 5) is 12.3. The number of rotatable bonds is 6. The van der Waals surface area contributed by atoms with Crippen LogP contribution in [0, 0.1) is 10.1 Å². The largest absolute Gasteiger partial charge is 0.491 e. The molecule has 19 heavy (non-hydrogen) atoms. The van der Waals surface area contributed by atoms with Crippen LogP contribution in [0.2, 0.25) is 0 Å². The molecule has 6 nitrogen and oxygen atoms in total. The lowest BCUT2D eigenvalue weighted by atomic mass is 10.3. The van der Waals surface area contributed by atoms with E-state index < -0.39 is 11.0 Å². The van der Waals surface area contributed by atoms with Gasteiger partial charge in [0.1, 0.15) is 18.5 Å². The molecule has 1 heterocycles. The maximum atomic E-state index is 10.5. The number of ether oxygens (including phenoxy) is 1. The summed E-state index contributed by atoms with van der Waals surface area (Å²) >= 11 is 0. The molecule has 0 saturated carbocycles. The summed E-state index contributed by atoms with van der Waals surface area (Å²) in [5, 5.41) is 20.3. The van der Waals surface area contributed by atoms with Crippen molar-refractivity contribution in [1.29, 1.82) is 0 Å². The molecule has 1 aliphatic heterocycles. The maximum absolute atomic E-state index is 10.5. The molecule has 1 fully saturated rings. The number of nitrogens with zero attached hydrogens (tertiary/aromatic N) is 2. The third-order valence-electron chi connectivity index (χ3n) is 3.16.